The van der Waals surface area contributed by atoms with Crippen LogP contribution in [0.5, 0.6) is 0 Å². The summed E-state index contributed by atoms with van der Waals surface area (Å²) in [7, 11) is 0. The van der Waals surface area contributed by atoms with Crippen LogP contribution in [0, 0.1) is 0 Å². The Morgan fingerprint density at radius 2 is 1.65 bits per heavy atom. The van der Waals surface area contributed by atoms with Gasteiger partial charge in [-0.3, -0.25) is 4.79 Å². The Hall–Kier alpha value is -1.78. The van der Waals surface area contributed by atoms with Crippen molar-refractivity contribution in [3.63, 3.8) is 0 Å². The molecule has 0 radical (unpaired) electrons. The Morgan fingerprint density at radius 3 is 2.15 bits per heavy atom. The van der Waals surface area contributed by atoms with Gasteiger partial charge in [-0.05, 0) is 36.0 Å². The van der Waals surface area contributed by atoms with Gasteiger partial charge in [0.05, 0.1) is 12.6 Å². The van der Waals surface area contributed by atoms with E-state index < -0.39 is 0 Å². The van der Waals surface area contributed by atoms with Crippen molar-refractivity contribution >= 4 is 17.7 Å². The molecule has 1 saturated heterocycles. The Kier molecular flexibility index (Phi) is 6.38. The first-order chi connectivity index (χ1) is 12.7. The smallest absolute Gasteiger partial charge is 0.222 e. The summed E-state index contributed by atoms with van der Waals surface area (Å²) in [5.74, 6) is 1.10. The van der Waals surface area contributed by atoms with Gasteiger partial charge in [-0.2, -0.15) is 11.8 Å². The van der Waals surface area contributed by atoms with Crippen molar-refractivity contribution in [3.05, 3.63) is 71.8 Å². The van der Waals surface area contributed by atoms with E-state index in [9.17, 15) is 9.90 Å². The molecule has 1 aliphatic rings. The Bertz CT molecular complexity index is 665. The van der Waals surface area contributed by atoms with Gasteiger partial charge in [-0.15, -0.1) is 0 Å². The molecule has 3 nitrogen and oxygen atoms in total. The summed E-state index contributed by atoms with van der Waals surface area (Å²) in [5.41, 5.74) is 2.26. The van der Waals surface area contributed by atoms with Crippen LogP contribution in [0.3, 0.4) is 0 Å². The number of carbonyl (C=O) groups excluding carboxylic acids is 1. The fourth-order valence-electron chi connectivity index (χ4n) is 4.01. The predicted octanol–water partition coefficient (Wildman–Crippen LogP) is 3.71. The number of rotatable bonds is 7. The van der Waals surface area contributed by atoms with Crippen molar-refractivity contribution < 1.29 is 9.90 Å². The average Bonchev–Trinajstić information content (AvgIpc) is 2.71. The van der Waals surface area contributed by atoms with Crippen LogP contribution >= 0.6 is 11.8 Å². The summed E-state index contributed by atoms with van der Waals surface area (Å²) in [6.07, 6.45) is 4.20. The molecule has 1 fully saturated rings. The number of benzene rings is 2. The van der Waals surface area contributed by atoms with Gasteiger partial charge in [0, 0.05) is 18.4 Å². The summed E-state index contributed by atoms with van der Waals surface area (Å²) in [6.45, 7) is 0.644. The van der Waals surface area contributed by atoms with E-state index in [1.807, 2.05) is 17.0 Å². The van der Waals surface area contributed by atoms with E-state index in [4.69, 9.17) is 0 Å². The lowest BCUT2D eigenvalue weighted by Gasteiger charge is -2.46. The van der Waals surface area contributed by atoms with Crippen LogP contribution in [0.25, 0.3) is 0 Å². The highest BCUT2D eigenvalue weighted by molar-refractivity contribution is 7.98. The summed E-state index contributed by atoms with van der Waals surface area (Å²) >= 11 is 1.75. The summed E-state index contributed by atoms with van der Waals surface area (Å²) in [6, 6.07) is 20.9. The molecule has 4 heteroatoms. The molecule has 26 heavy (non-hydrogen) atoms. The molecular formula is C22H27NO2S. The molecule has 0 bridgehead atoms. The van der Waals surface area contributed by atoms with Crippen LogP contribution in [0.4, 0.5) is 0 Å². The van der Waals surface area contributed by atoms with Crippen LogP contribution in [0.1, 0.15) is 30.4 Å². The van der Waals surface area contributed by atoms with E-state index in [-0.39, 0.29) is 24.0 Å². The second-order valence-electron chi connectivity index (χ2n) is 6.95. The maximum atomic E-state index is 12.7. The Balaban J connectivity index is 2.01. The van der Waals surface area contributed by atoms with Gasteiger partial charge in [0.2, 0.25) is 5.91 Å². The normalized spacial score (nSPS) is 17.9. The molecule has 1 amide bonds. The monoisotopic (exact) mass is 369 g/mol. The topological polar surface area (TPSA) is 40.5 Å². The summed E-state index contributed by atoms with van der Waals surface area (Å²) < 4.78 is 0. The third kappa shape index (κ3) is 3.81. The molecule has 0 saturated carbocycles. The number of hydrogen-bond donors (Lipinski definition) is 1. The molecule has 1 heterocycles. The van der Waals surface area contributed by atoms with E-state index in [1.165, 1.54) is 11.1 Å². The molecule has 2 aromatic rings. The Morgan fingerprint density at radius 1 is 1.08 bits per heavy atom. The van der Waals surface area contributed by atoms with Gasteiger partial charge in [0.25, 0.3) is 0 Å². The van der Waals surface area contributed by atoms with Crippen LogP contribution in [-0.2, 0) is 10.2 Å². The van der Waals surface area contributed by atoms with E-state index in [2.05, 4.69) is 54.8 Å². The SMILES string of the molecule is CSCC[C@@H](CO)N1CC(c2ccccc2)(c2ccccc2)CCC1=O. The number of likely N-dealkylation sites (tertiary alicyclic amines) is 1. The number of thioether (sulfide) groups is 1. The zero-order valence-corrected chi connectivity index (χ0v) is 16.1. The lowest BCUT2D eigenvalue weighted by Crippen LogP contribution is -2.54. The highest BCUT2D eigenvalue weighted by atomic mass is 32.2. The second kappa shape index (κ2) is 8.74. The largest absolute Gasteiger partial charge is 0.394 e. The lowest BCUT2D eigenvalue weighted by molar-refractivity contribution is -0.138. The highest BCUT2D eigenvalue weighted by Crippen LogP contribution is 2.41. The summed E-state index contributed by atoms with van der Waals surface area (Å²) in [4.78, 5) is 14.6. The molecule has 1 atom stereocenters. The van der Waals surface area contributed by atoms with Gasteiger partial charge in [-0.25, -0.2) is 0 Å². The third-order valence-corrected chi connectivity index (χ3v) is 6.13. The number of aliphatic hydroxyl groups is 1. The number of nitrogens with zero attached hydrogens (tertiary/aromatic N) is 1. The molecule has 1 aliphatic heterocycles. The van der Waals surface area contributed by atoms with Crippen molar-refractivity contribution in [1.29, 1.82) is 0 Å². The number of amides is 1. The zero-order valence-electron chi connectivity index (χ0n) is 15.3. The first kappa shape index (κ1) is 19.0. The van der Waals surface area contributed by atoms with Gasteiger partial charge < -0.3 is 10.0 Å². The van der Waals surface area contributed by atoms with Crippen molar-refractivity contribution in [1.82, 2.24) is 4.90 Å². The number of aliphatic hydroxyl groups excluding tert-OH is 1. The molecule has 0 unspecified atom stereocenters. The minimum Gasteiger partial charge on any atom is -0.394 e. The molecule has 0 aromatic heterocycles. The van der Waals surface area contributed by atoms with Gasteiger partial charge >= 0.3 is 0 Å². The molecule has 2 aromatic carbocycles. The Labute approximate surface area is 160 Å². The van der Waals surface area contributed by atoms with Gasteiger partial charge in [0.15, 0.2) is 0 Å². The van der Waals surface area contributed by atoms with Crippen LogP contribution in [0.2, 0.25) is 0 Å². The zero-order chi connectivity index (χ0) is 18.4. The fraction of sp³-hybridized carbons (Fsp3) is 0.409. The third-order valence-electron chi connectivity index (χ3n) is 5.49. The molecule has 138 valence electrons. The molecule has 3 rings (SSSR count). The number of carbonyl (C=O) groups is 1. The maximum Gasteiger partial charge on any atom is 0.222 e. The predicted molar refractivity (Wildman–Crippen MR) is 108 cm³/mol. The van der Waals surface area contributed by atoms with Crippen LogP contribution in [0.15, 0.2) is 60.7 Å². The van der Waals surface area contributed by atoms with Gasteiger partial charge in [0.1, 0.15) is 0 Å². The fourth-order valence-corrected chi connectivity index (χ4v) is 4.51. The van der Waals surface area contributed by atoms with Crippen molar-refractivity contribution in [2.75, 3.05) is 25.2 Å². The second-order valence-corrected chi connectivity index (χ2v) is 7.94. The van der Waals surface area contributed by atoms with E-state index in [0.717, 1.165) is 18.6 Å². The summed E-state index contributed by atoms with van der Waals surface area (Å²) in [5, 5.41) is 9.93. The number of hydrogen-bond acceptors (Lipinski definition) is 3. The highest BCUT2D eigenvalue weighted by Gasteiger charge is 2.43. The average molecular weight is 370 g/mol. The van der Waals surface area contributed by atoms with Crippen LogP contribution in [-0.4, -0.2) is 47.1 Å². The quantitative estimate of drug-likeness (QED) is 0.809. The minimum atomic E-state index is -0.219. The minimum absolute atomic E-state index is 0.0198. The first-order valence-electron chi connectivity index (χ1n) is 9.21. The van der Waals surface area contributed by atoms with Gasteiger partial charge in [-0.1, -0.05) is 60.7 Å². The molecule has 0 aliphatic carbocycles. The van der Waals surface area contributed by atoms with E-state index in [1.54, 1.807) is 11.8 Å². The lowest BCUT2D eigenvalue weighted by atomic mass is 9.69. The molecule has 0 spiro atoms. The van der Waals surface area contributed by atoms with Crippen molar-refractivity contribution in [2.24, 2.45) is 0 Å². The molecule has 1 N–H and O–H groups in total. The van der Waals surface area contributed by atoms with Crippen molar-refractivity contribution in [3.8, 4) is 0 Å². The molecular weight excluding hydrogens is 342 g/mol. The first-order valence-corrected chi connectivity index (χ1v) is 10.6. The number of piperidine rings is 1. The van der Waals surface area contributed by atoms with E-state index >= 15 is 0 Å². The van der Waals surface area contributed by atoms with Crippen LogP contribution < -0.4 is 0 Å². The maximum absolute atomic E-state index is 12.7. The van der Waals surface area contributed by atoms with Crippen molar-refractivity contribution in [2.45, 2.75) is 30.7 Å². The van der Waals surface area contributed by atoms with E-state index in [0.29, 0.717) is 13.0 Å². The standard InChI is InChI=1S/C22H27NO2S/c1-26-15-13-20(16-24)23-17-22(14-12-21(23)25,18-8-4-2-5-9-18)19-10-6-3-7-11-19/h2-11,20,24H,12-17H2,1H3/t20-/m0/s1.